The van der Waals surface area contributed by atoms with Crippen molar-refractivity contribution < 1.29 is 9.53 Å². The van der Waals surface area contributed by atoms with Crippen molar-refractivity contribution in [3.63, 3.8) is 0 Å². The SMILES string of the molecule is Cc1cnc([C@H](C)CNC(=O)N[C@@H](C)[C@H]2CCOC2)s1. The van der Waals surface area contributed by atoms with Crippen LogP contribution in [0.3, 0.4) is 0 Å². The fraction of sp³-hybridized carbons (Fsp3) is 0.714. The quantitative estimate of drug-likeness (QED) is 0.876. The molecule has 0 bridgehead atoms. The van der Waals surface area contributed by atoms with Crippen molar-refractivity contribution in [1.82, 2.24) is 15.6 Å². The van der Waals surface area contributed by atoms with Crippen molar-refractivity contribution >= 4 is 17.4 Å². The number of carbonyl (C=O) groups excluding carboxylic acids is 1. The van der Waals surface area contributed by atoms with Crippen molar-refractivity contribution in [3.8, 4) is 0 Å². The van der Waals surface area contributed by atoms with E-state index in [0.29, 0.717) is 12.5 Å². The van der Waals surface area contributed by atoms with Crippen LogP contribution in [-0.4, -0.2) is 36.8 Å². The van der Waals surface area contributed by atoms with Crippen molar-refractivity contribution in [1.29, 1.82) is 0 Å². The average Bonchev–Trinajstić information content (AvgIpc) is 3.06. The van der Waals surface area contributed by atoms with Gasteiger partial charge in [-0.25, -0.2) is 9.78 Å². The summed E-state index contributed by atoms with van der Waals surface area (Å²) in [7, 11) is 0. The molecular weight excluding hydrogens is 274 g/mol. The monoisotopic (exact) mass is 297 g/mol. The smallest absolute Gasteiger partial charge is 0.315 e. The summed E-state index contributed by atoms with van der Waals surface area (Å²) in [4.78, 5) is 17.4. The van der Waals surface area contributed by atoms with E-state index in [1.54, 1.807) is 11.3 Å². The first kappa shape index (κ1) is 15.3. The first-order valence-electron chi connectivity index (χ1n) is 7.10. The number of amides is 2. The summed E-state index contributed by atoms with van der Waals surface area (Å²) < 4.78 is 5.34. The highest BCUT2D eigenvalue weighted by atomic mass is 32.1. The topological polar surface area (TPSA) is 63.2 Å². The minimum absolute atomic E-state index is 0.107. The van der Waals surface area contributed by atoms with Crippen LogP contribution in [0.1, 0.15) is 36.1 Å². The number of aromatic nitrogens is 1. The van der Waals surface area contributed by atoms with Gasteiger partial charge in [0, 0.05) is 42.1 Å². The average molecular weight is 297 g/mol. The number of thiazole rings is 1. The second-order valence-corrected chi connectivity index (χ2v) is 6.74. The van der Waals surface area contributed by atoms with Crippen LogP contribution in [0.25, 0.3) is 0 Å². The first-order chi connectivity index (χ1) is 9.56. The lowest BCUT2D eigenvalue weighted by atomic mass is 10.0. The summed E-state index contributed by atoms with van der Waals surface area (Å²) in [5.41, 5.74) is 0. The Kier molecular flexibility index (Phi) is 5.37. The van der Waals surface area contributed by atoms with Crippen LogP contribution in [0.5, 0.6) is 0 Å². The first-order valence-corrected chi connectivity index (χ1v) is 7.92. The van der Waals surface area contributed by atoms with Crippen LogP contribution < -0.4 is 10.6 Å². The molecule has 3 atom stereocenters. The zero-order chi connectivity index (χ0) is 14.5. The number of rotatable bonds is 5. The zero-order valence-electron chi connectivity index (χ0n) is 12.3. The molecule has 1 aromatic rings. The highest BCUT2D eigenvalue weighted by Crippen LogP contribution is 2.20. The third-order valence-corrected chi connectivity index (χ3v) is 4.80. The van der Waals surface area contributed by atoms with E-state index in [0.717, 1.165) is 24.6 Å². The Morgan fingerprint density at radius 1 is 1.60 bits per heavy atom. The molecule has 0 aliphatic carbocycles. The lowest BCUT2D eigenvalue weighted by Crippen LogP contribution is -2.45. The molecule has 1 aliphatic heterocycles. The molecule has 0 saturated carbocycles. The second-order valence-electron chi connectivity index (χ2n) is 5.48. The van der Waals surface area contributed by atoms with E-state index in [-0.39, 0.29) is 18.0 Å². The zero-order valence-corrected chi connectivity index (χ0v) is 13.1. The molecule has 20 heavy (non-hydrogen) atoms. The van der Waals surface area contributed by atoms with E-state index < -0.39 is 0 Å². The van der Waals surface area contributed by atoms with Gasteiger partial charge < -0.3 is 15.4 Å². The van der Waals surface area contributed by atoms with Crippen molar-refractivity contribution in [3.05, 3.63) is 16.1 Å². The molecule has 2 amide bonds. The molecule has 0 aromatic carbocycles. The number of aryl methyl sites for hydroxylation is 1. The number of nitrogens with one attached hydrogen (secondary N) is 2. The van der Waals surface area contributed by atoms with Crippen molar-refractivity contribution in [2.24, 2.45) is 5.92 Å². The Morgan fingerprint density at radius 3 is 3.00 bits per heavy atom. The van der Waals surface area contributed by atoms with E-state index in [1.807, 2.05) is 20.0 Å². The third kappa shape index (κ3) is 4.18. The molecule has 0 radical (unpaired) electrons. The molecule has 2 N–H and O–H groups in total. The summed E-state index contributed by atoms with van der Waals surface area (Å²) >= 11 is 1.68. The number of nitrogens with zero attached hydrogens (tertiary/aromatic N) is 1. The Bertz CT molecular complexity index is 443. The van der Waals surface area contributed by atoms with Gasteiger partial charge in [0.25, 0.3) is 0 Å². The molecule has 1 fully saturated rings. The fourth-order valence-corrected chi connectivity index (χ4v) is 3.08. The third-order valence-electron chi connectivity index (χ3n) is 3.66. The molecule has 112 valence electrons. The van der Waals surface area contributed by atoms with Gasteiger partial charge in [-0.2, -0.15) is 0 Å². The molecule has 0 unspecified atom stereocenters. The summed E-state index contributed by atoms with van der Waals surface area (Å²) in [6, 6.07) is 0.0411. The Morgan fingerprint density at radius 2 is 2.40 bits per heavy atom. The van der Waals surface area contributed by atoms with E-state index in [9.17, 15) is 4.79 Å². The van der Waals surface area contributed by atoms with Crippen LogP contribution >= 0.6 is 11.3 Å². The molecule has 1 saturated heterocycles. The van der Waals surface area contributed by atoms with Crippen LogP contribution in [0.4, 0.5) is 4.79 Å². The Labute approximate surface area is 124 Å². The molecule has 6 heteroatoms. The Balaban J connectivity index is 1.71. The summed E-state index contributed by atoms with van der Waals surface area (Å²) in [5.74, 6) is 0.671. The van der Waals surface area contributed by atoms with Crippen molar-refractivity contribution in [2.75, 3.05) is 19.8 Å². The van der Waals surface area contributed by atoms with Gasteiger partial charge in [0.2, 0.25) is 0 Å². The lowest BCUT2D eigenvalue weighted by molar-refractivity contribution is 0.178. The highest BCUT2D eigenvalue weighted by Gasteiger charge is 2.23. The largest absolute Gasteiger partial charge is 0.381 e. The highest BCUT2D eigenvalue weighted by molar-refractivity contribution is 7.11. The predicted octanol–water partition coefficient (Wildman–Crippen LogP) is 2.28. The van der Waals surface area contributed by atoms with Gasteiger partial charge in [0.1, 0.15) is 0 Å². The van der Waals surface area contributed by atoms with E-state index in [4.69, 9.17) is 4.74 Å². The van der Waals surface area contributed by atoms with E-state index in [1.165, 1.54) is 4.88 Å². The van der Waals surface area contributed by atoms with Gasteiger partial charge in [0.05, 0.1) is 11.6 Å². The van der Waals surface area contributed by atoms with Gasteiger partial charge in [-0.1, -0.05) is 6.92 Å². The standard InChI is InChI=1S/C14H23N3O2S/c1-9(13-15-7-10(2)20-13)6-16-14(18)17-11(3)12-4-5-19-8-12/h7,9,11-12H,4-6,8H2,1-3H3,(H2,16,17,18)/t9-,11+,12+/m1/s1. The fourth-order valence-electron chi connectivity index (χ4n) is 2.26. The van der Waals surface area contributed by atoms with E-state index in [2.05, 4.69) is 22.5 Å². The molecule has 0 spiro atoms. The normalized spacial score (nSPS) is 21.4. The second kappa shape index (κ2) is 7.04. The van der Waals surface area contributed by atoms with Gasteiger partial charge in [-0.05, 0) is 20.3 Å². The molecular formula is C14H23N3O2S. The van der Waals surface area contributed by atoms with E-state index >= 15 is 0 Å². The maximum absolute atomic E-state index is 11.9. The summed E-state index contributed by atoms with van der Waals surface area (Å²) in [6.45, 7) is 8.31. The van der Waals surface area contributed by atoms with Crippen LogP contribution in [-0.2, 0) is 4.74 Å². The van der Waals surface area contributed by atoms with Gasteiger partial charge in [-0.3, -0.25) is 0 Å². The maximum atomic E-state index is 11.9. The summed E-state index contributed by atoms with van der Waals surface area (Å²) in [5, 5.41) is 6.98. The Hall–Kier alpha value is -1.14. The maximum Gasteiger partial charge on any atom is 0.315 e. The summed E-state index contributed by atoms with van der Waals surface area (Å²) in [6.07, 6.45) is 2.90. The van der Waals surface area contributed by atoms with Crippen LogP contribution in [0.2, 0.25) is 0 Å². The molecule has 5 nitrogen and oxygen atoms in total. The number of ether oxygens (including phenoxy) is 1. The van der Waals surface area contributed by atoms with Gasteiger partial charge >= 0.3 is 6.03 Å². The molecule has 2 rings (SSSR count). The van der Waals surface area contributed by atoms with Crippen LogP contribution in [0.15, 0.2) is 6.20 Å². The van der Waals surface area contributed by atoms with Gasteiger partial charge in [0.15, 0.2) is 0 Å². The molecule has 2 heterocycles. The van der Waals surface area contributed by atoms with Gasteiger partial charge in [-0.15, -0.1) is 11.3 Å². The number of hydrogen-bond donors (Lipinski definition) is 2. The van der Waals surface area contributed by atoms with Crippen molar-refractivity contribution in [2.45, 2.75) is 39.2 Å². The predicted molar refractivity (Wildman–Crippen MR) is 80.2 cm³/mol. The number of urea groups is 1. The minimum Gasteiger partial charge on any atom is -0.381 e. The molecule has 1 aromatic heterocycles. The lowest BCUT2D eigenvalue weighted by Gasteiger charge is -2.20. The molecule has 1 aliphatic rings. The number of carbonyl (C=O) groups is 1. The van der Waals surface area contributed by atoms with Crippen LogP contribution in [0, 0.1) is 12.8 Å². The minimum atomic E-state index is -0.107. The number of hydrogen-bond acceptors (Lipinski definition) is 4.